The van der Waals surface area contributed by atoms with Crippen molar-refractivity contribution in [2.45, 2.75) is 46.6 Å². The quantitative estimate of drug-likeness (QED) is 0.641. The molecule has 0 radical (unpaired) electrons. The maximum Gasteiger partial charge on any atom is 0.288 e. The molecule has 0 saturated carbocycles. The molecule has 0 amide bonds. The summed E-state index contributed by atoms with van der Waals surface area (Å²) < 4.78 is 5.85. The first-order valence-electron chi connectivity index (χ1n) is 7.55. The van der Waals surface area contributed by atoms with E-state index in [1.807, 2.05) is 0 Å². The highest BCUT2D eigenvalue weighted by atomic mass is 16.5. The van der Waals surface area contributed by atoms with Gasteiger partial charge in [-0.05, 0) is 57.3 Å². The van der Waals surface area contributed by atoms with Crippen LogP contribution in [0.5, 0.6) is 0 Å². The number of likely N-dealkylation sites (N-methyl/N-ethyl adjacent to an activating group) is 1. The van der Waals surface area contributed by atoms with Crippen LogP contribution >= 0.6 is 0 Å². The van der Waals surface area contributed by atoms with Gasteiger partial charge in [-0.25, -0.2) is 4.99 Å². The molecule has 1 heterocycles. The van der Waals surface area contributed by atoms with Crippen molar-refractivity contribution in [2.24, 2.45) is 10.9 Å². The van der Waals surface area contributed by atoms with Gasteiger partial charge in [0.05, 0.1) is 0 Å². The van der Waals surface area contributed by atoms with Gasteiger partial charge in [0.15, 0.2) is 0 Å². The zero-order chi connectivity index (χ0) is 14.5. The van der Waals surface area contributed by atoms with Crippen LogP contribution in [0.3, 0.4) is 0 Å². The van der Waals surface area contributed by atoms with E-state index in [1.165, 1.54) is 25.0 Å². The van der Waals surface area contributed by atoms with Crippen LogP contribution in [0, 0.1) is 5.92 Å². The van der Waals surface area contributed by atoms with E-state index in [2.05, 4.69) is 48.3 Å². The van der Waals surface area contributed by atoms with Gasteiger partial charge in [0.1, 0.15) is 6.61 Å². The lowest BCUT2D eigenvalue weighted by molar-refractivity contribution is 0.185. The summed E-state index contributed by atoms with van der Waals surface area (Å²) in [5, 5.41) is 3.32. The van der Waals surface area contributed by atoms with Gasteiger partial charge in [-0.1, -0.05) is 20.4 Å². The molecule has 1 aliphatic heterocycles. The van der Waals surface area contributed by atoms with E-state index in [0.29, 0.717) is 24.6 Å². The Bertz CT molecular complexity index is 426. The highest BCUT2D eigenvalue weighted by molar-refractivity contribution is 5.76. The summed E-state index contributed by atoms with van der Waals surface area (Å²) in [6, 6.07) is 1.14. The predicted molar refractivity (Wildman–Crippen MR) is 90.5 cm³/mol. The number of hydrogen-bond acceptors (Lipinski definition) is 3. The number of hydrogen-bond donors (Lipinski definition) is 1. The lowest BCUT2D eigenvalue weighted by Crippen LogP contribution is -2.34. The van der Waals surface area contributed by atoms with E-state index in [1.54, 1.807) is 7.05 Å². The number of amidine groups is 1. The number of aliphatic imine (C=N–C) groups is 1. The molecule has 0 aromatic heterocycles. The third kappa shape index (κ3) is 4.88. The number of nitrogens with zero attached hydrogens (tertiary/aromatic N) is 2. The van der Waals surface area contributed by atoms with Crippen molar-refractivity contribution in [1.82, 2.24) is 10.2 Å². The molecule has 1 N–H and O–H groups in total. The minimum absolute atomic E-state index is 0. The molecule has 2 aliphatic rings. The van der Waals surface area contributed by atoms with E-state index in [9.17, 15) is 0 Å². The van der Waals surface area contributed by atoms with Crippen LogP contribution in [-0.4, -0.2) is 44.2 Å². The summed E-state index contributed by atoms with van der Waals surface area (Å²) in [5.41, 5.74) is 2.49. The average molecular weight is 293 g/mol. The van der Waals surface area contributed by atoms with Crippen molar-refractivity contribution in [3.8, 4) is 0 Å². The molecular formula is C17H31N3O. The highest BCUT2D eigenvalue weighted by Gasteiger charge is 2.22. The largest absolute Gasteiger partial charge is 0.463 e. The smallest absolute Gasteiger partial charge is 0.288 e. The molecule has 4 nitrogen and oxygen atoms in total. The fraction of sp³-hybridized carbons (Fsp3) is 0.706. The molecule has 4 heteroatoms. The molecule has 0 aromatic carbocycles. The molecule has 21 heavy (non-hydrogen) atoms. The number of likely N-dealkylation sites (tertiary alicyclic amines) is 1. The van der Waals surface area contributed by atoms with Crippen LogP contribution in [0.4, 0.5) is 0 Å². The maximum atomic E-state index is 5.85. The zero-order valence-electron chi connectivity index (χ0n) is 13.1. The van der Waals surface area contributed by atoms with Crippen LogP contribution in [0.2, 0.25) is 0 Å². The lowest BCUT2D eigenvalue weighted by atomic mass is 9.95. The van der Waals surface area contributed by atoms with E-state index in [0.717, 1.165) is 12.1 Å². The van der Waals surface area contributed by atoms with Gasteiger partial charge in [-0.3, -0.25) is 0 Å². The van der Waals surface area contributed by atoms with Crippen LogP contribution in [-0.2, 0) is 4.74 Å². The summed E-state index contributed by atoms with van der Waals surface area (Å²) in [5.74, 6) is 0.621. The summed E-state index contributed by atoms with van der Waals surface area (Å²) in [6.45, 7) is 6.28. The molecule has 0 spiro atoms. The van der Waals surface area contributed by atoms with E-state index >= 15 is 0 Å². The second kappa shape index (κ2) is 8.23. The molecule has 1 unspecified atom stereocenters. The van der Waals surface area contributed by atoms with Crippen LogP contribution < -0.4 is 5.32 Å². The molecular weight excluding hydrogens is 262 g/mol. The first-order valence-corrected chi connectivity index (χ1v) is 7.55. The Morgan fingerprint density at radius 2 is 2.29 bits per heavy atom. The van der Waals surface area contributed by atoms with Gasteiger partial charge in [-0.2, -0.15) is 0 Å². The third-order valence-corrected chi connectivity index (χ3v) is 4.21. The van der Waals surface area contributed by atoms with Gasteiger partial charge in [0.25, 0.3) is 6.02 Å². The van der Waals surface area contributed by atoms with Gasteiger partial charge < -0.3 is 15.0 Å². The van der Waals surface area contributed by atoms with Gasteiger partial charge in [0.2, 0.25) is 0 Å². The minimum Gasteiger partial charge on any atom is -0.463 e. The van der Waals surface area contributed by atoms with Gasteiger partial charge in [-0.15, -0.1) is 0 Å². The average Bonchev–Trinajstić information content (AvgIpc) is 2.82. The summed E-state index contributed by atoms with van der Waals surface area (Å²) >= 11 is 0. The summed E-state index contributed by atoms with van der Waals surface area (Å²) in [6.07, 6.45) is 7.95. The predicted octanol–water partition coefficient (Wildman–Crippen LogP) is 3.18. The Hall–Kier alpha value is -1.29. The van der Waals surface area contributed by atoms with Crippen molar-refractivity contribution in [2.75, 3.05) is 27.2 Å². The Morgan fingerprint density at radius 3 is 2.86 bits per heavy atom. The van der Waals surface area contributed by atoms with Crippen molar-refractivity contribution in [1.29, 1.82) is 0 Å². The zero-order valence-corrected chi connectivity index (χ0v) is 13.1. The molecule has 0 bridgehead atoms. The van der Waals surface area contributed by atoms with E-state index in [4.69, 9.17) is 4.74 Å². The Labute approximate surface area is 130 Å². The number of allylic oxidation sites excluding steroid dienone is 3. The minimum atomic E-state index is 0. The second-order valence-electron chi connectivity index (χ2n) is 5.98. The summed E-state index contributed by atoms with van der Waals surface area (Å²) in [7, 11) is 3.93. The fourth-order valence-electron chi connectivity index (χ4n) is 2.85. The van der Waals surface area contributed by atoms with Crippen LogP contribution in [0.1, 0.15) is 40.5 Å². The Balaban J connectivity index is 0.00000220. The van der Waals surface area contributed by atoms with Crippen molar-refractivity contribution < 1.29 is 4.74 Å². The van der Waals surface area contributed by atoms with Crippen LogP contribution in [0.25, 0.3) is 0 Å². The molecule has 2 atom stereocenters. The lowest BCUT2D eigenvalue weighted by Gasteiger charge is -2.22. The highest BCUT2D eigenvalue weighted by Crippen LogP contribution is 2.21. The number of nitrogens with one attached hydrogen (secondary N) is 1. The Morgan fingerprint density at radius 1 is 1.52 bits per heavy atom. The van der Waals surface area contributed by atoms with Crippen LogP contribution in [0.15, 0.2) is 28.4 Å². The Kier molecular flexibility index (Phi) is 6.96. The van der Waals surface area contributed by atoms with Crippen molar-refractivity contribution >= 4 is 6.02 Å². The molecule has 2 rings (SSSR count). The summed E-state index contributed by atoms with van der Waals surface area (Å²) in [4.78, 5) is 6.58. The third-order valence-electron chi connectivity index (χ3n) is 4.21. The van der Waals surface area contributed by atoms with Gasteiger partial charge in [0, 0.05) is 18.8 Å². The SMILES string of the molecule is C.CN=C(NC1=C(C)CC(C)C=C1)OC[C@@H]1CCCN1C. The number of rotatable bonds is 3. The second-order valence-corrected chi connectivity index (χ2v) is 5.98. The maximum absolute atomic E-state index is 5.85. The first-order chi connectivity index (χ1) is 9.60. The van der Waals surface area contributed by atoms with E-state index in [-0.39, 0.29) is 7.43 Å². The molecule has 1 fully saturated rings. The van der Waals surface area contributed by atoms with E-state index < -0.39 is 0 Å². The monoisotopic (exact) mass is 293 g/mol. The first kappa shape index (κ1) is 17.8. The molecule has 0 aromatic rings. The van der Waals surface area contributed by atoms with Gasteiger partial charge >= 0.3 is 0 Å². The number of ether oxygens (including phenoxy) is 1. The fourth-order valence-corrected chi connectivity index (χ4v) is 2.85. The standard InChI is InChI=1S/C16H27N3O.CH4/c1-12-7-8-15(13(2)10-12)18-16(17-3)20-11-14-6-5-9-19(14)4;/h7-8,12,14H,5-6,9-11H2,1-4H3,(H,17,18);1H4/t12?,14-;/m0./s1. The molecule has 120 valence electrons. The molecule has 1 saturated heterocycles. The van der Waals surface area contributed by atoms with Crippen molar-refractivity contribution in [3.05, 3.63) is 23.4 Å². The topological polar surface area (TPSA) is 36.9 Å². The van der Waals surface area contributed by atoms with Crippen molar-refractivity contribution in [3.63, 3.8) is 0 Å². The molecule has 1 aliphatic carbocycles. The normalized spacial score (nSPS) is 26.8.